The van der Waals surface area contributed by atoms with Gasteiger partial charge in [0.2, 0.25) is 0 Å². The summed E-state index contributed by atoms with van der Waals surface area (Å²) in [5.74, 6) is 0. The van der Waals surface area contributed by atoms with Crippen LogP contribution in [0.4, 0.5) is 10.5 Å². The van der Waals surface area contributed by atoms with Crippen LogP contribution in [-0.2, 0) is 4.74 Å². The third-order valence-electron chi connectivity index (χ3n) is 5.01. The summed E-state index contributed by atoms with van der Waals surface area (Å²) >= 11 is 0. The predicted octanol–water partition coefficient (Wildman–Crippen LogP) is 4.53. The maximum Gasteiger partial charge on any atom is 0.322 e. The highest BCUT2D eigenvalue weighted by atomic mass is 16.5. The van der Waals surface area contributed by atoms with Crippen LogP contribution in [0.15, 0.2) is 54.6 Å². The van der Waals surface area contributed by atoms with E-state index in [-0.39, 0.29) is 6.03 Å². The molecule has 2 amide bonds. The maximum atomic E-state index is 13.1. The molecule has 4 rings (SSSR count). The molecule has 130 valence electrons. The molecule has 0 bridgehead atoms. The summed E-state index contributed by atoms with van der Waals surface area (Å²) in [4.78, 5) is 15.1. The Morgan fingerprint density at radius 1 is 0.880 bits per heavy atom. The first-order chi connectivity index (χ1) is 12.3. The average Bonchev–Trinajstić information content (AvgIpc) is 3.49. The number of carbonyl (C=O) groups is 1. The number of anilines is 1. The van der Waals surface area contributed by atoms with Crippen LogP contribution in [0, 0.1) is 0 Å². The first-order valence-corrected chi connectivity index (χ1v) is 9.14. The van der Waals surface area contributed by atoms with Gasteiger partial charge in [-0.1, -0.05) is 48.5 Å². The molecule has 2 aliphatic rings. The first-order valence-electron chi connectivity index (χ1n) is 9.14. The second-order valence-corrected chi connectivity index (χ2v) is 6.82. The second-order valence-electron chi connectivity index (χ2n) is 6.82. The van der Waals surface area contributed by atoms with Crippen LogP contribution in [0.5, 0.6) is 0 Å². The normalized spacial score (nSPS) is 17.9. The Hall–Kier alpha value is -2.33. The van der Waals surface area contributed by atoms with Crippen molar-refractivity contribution < 1.29 is 9.53 Å². The minimum Gasteiger partial charge on any atom is -0.381 e. The van der Waals surface area contributed by atoms with Gasteiger partial charge in [0, 0.05) is 30.9 Å². The quantitative estimate of drug-likeness (QED) is 0.891. The Kier molecular flexibility index (Phi) is 4.70. The molecule has 1 aliphatic heterocycles. The smallest absolute Gasteiger partial charge is 0.322 e. The SMILES string of the molecule is O=C(Nc1ccccc1-c1ccccc1)N(C1CCOCC1)C1CC1. The molecule has 1 aliphatic carbocycles. The zero-order chi connectivity index (χ0) is 17.1. The number of hydrogen-bond donors (Lipinski definition) is 1. The minimum absolute atomic E-state index is 0.0257. The van der Waals surface area contributed by atoms with Crippen molar-refractivity contribution in [1.82, 2.24) is 4.90 Å². The lowest BCUT2D eigenvalue weighted by Gasteiger charge is -2.34. The molecule has 25 heavy (non-hydrogen) atoms. The van der Waals surface area contributed by atoms with Gasteiger partial charge in [-0.15, -0.1) is 0 Å². The van der Waals surface area contributed by atoms with Crippen LogP contribution in [0.1, 0.15) is 25.7 Å². The summed E-state index contributed by atoms with van der Waals surface area (Å²) in [6, 6.07) is 18.9. The third-order valence-corrected chi connectivity index (χ3v) is 5.01. The number of nitrogens with zero attached hydrogens (tertiary/aromatic N) is 1. The van der Waals surface area contributed by atoms with Gasteiger partial charge in [-0.05, 0) is 37.3 Å². The molecule has 1 saturated heterocycles. The molecule has 0 aromatic heterocycles. The third kappa shape index (κ3) is 3.69. The van der Waals surface area contributed by atoms with Crippen molar-refractivity contribution in [3.05, 3.63) is 54.6 Å². The van der Waals surface area contributed by atoms with E-state index in [9.17, 15) is 4.79 Å². The Morgan fingerprint density at radius 3 is 2.24 bits per heavy atom. The van der Waals surface area contributed by atoms with Crippen LogP contribution in [-0.4, -0.2) is 36.2 Å². The number of rotatable bonds is 4. The largest absolute Gasteiger partial charge is 0.381 e. The van der Waals surface area contributed by atoms with Gasteiger partial charge in [-0.2, -0.15) is 0 Å². The van der Waals surface area contributed by atoms with E-state index in [4.69, 9.17) is 4.74 Å². The van der Waals surface area contributed by atoms with E-state index < -0.39 is 0 Å². The number of nitrogens with one attached hydrogen (secondary N) is 1. The number of hydrogen-bond acceptors (Lipinski definition) is 2. The Balaban J connectivity index is 1.56. The van der Waals surface area contributed by atoms with Gasteiger partial charge in [0.1, 0.15) is 0 Å². The van der Waals surface area contributed by atoms with Crippen molar-refractivity contribution in [3.63, 3.8) is 0 Å². The van der Waals surface area contributed by atoms with E-state index in [0.717, 1.165) is 55.7 Å². The molecule has 4 nitrogen and oxygen atoms in total. The van der Waals surface area contributed by atoms with Crippen molar-refractivity contribution in [3.8, 4) is 11.1 Å². The van der Waals surface area contributed by atoms with Gasteiger partial charge < -0.3 is 15.0 Å². The topological polar surface area (TPSA) is 41.6 Å². The first kappa shape index (κ1) is 16.2. The number of benzene rings is 2. The Morgan fingerprint density at radius 2 is 1.52 bits per heavy atom. The minimum atomic E-state index is 0.0257. The summed E-state index contributed by atoms with van der Waals surface area (Å²) < 4.78 is 5.47. The van der Waals surface area contributed by atoms with Crippen LogP contribution < -0.4 is 5.32 Å². The lowest BCUT2D eigenvalue weighted by atomic mass is 10.0. The highest BCUT2D eigenvalue weighted by molar-refractivity contribution is 5.95. The lowest BCUT2D eigenvalue weighted by Crippen LogP contribution is -2.46. The van der Waals surface area contributed by atoms with Gasteiger partial charge in [0.25, 0.3) is 0 Å². The number of ether oxygens (including phenoxy) is 1. The summed E-state index contributed by atoms with van der Waals surface area (Å²) in [6.45, 7) is 1.50. The van der Waals surface area contributed by atoms with Crippen LogP contribution in [0.25, 0.3) is 11.1 Å². The van der Waals surface area contributed by atoms with E-state index in [1.165, 1.54) is 0 Å². The number of carbonyl (C=O) groups excluding carboxylic acids is 1. The van der Waals surface area contributed by atoms with Gasteiger partial charge in [0.15, 0.2) is 0 Å². The monoisotopic (exact) mass is 336 g/mol. The van der Waals surface area contributed by atoms with Crippen molar-refractivity contribution in [2.75, 3.05) is 18.5 Å². The van der Waals surface area contributed by atoms with E-state index in [1.807, 2.05) is 36.4 Å². The van der Waals surface area contributed by atoms with Crippen molar-refractivity contribution in [2.45, 2.75) is 37.8 Å². The molecule has 0 radical (unpaired) electrons. The molecule has 4 heteroatoms. The highest BCUT2D eigenvalue weighted by Crippen LogP contribution is 2.33. The fourth-order valence-electron chi connectivity index (χ4n) is 3.59. The molecular formula is C21H24N2O2. The zero-order valence-electron chi connectivity index (χ0n) is 14.4. The number of para-hydroxylation sites is 1. The van der Waals surface area contributed by atoms with Gasteiger partial charge in [0.05, 0.1) is 5.69 Å². The van der Waals surface area contributed by atoms with Crippen molar-refractivity contribution in [2.24, 2.45) is 0 Å². The average molecular weight is 336 g/mol. The molecule has 0 unspecified atom stereocenters. The maximum absolute atomic E-state index is 13.1. The van der Waals surface area contributed by atoms with Crippen LogP contribution >= 0.6 is 0 Å². The van der Waals surface area contributed by atoms with E-state index in [0.29, 0.717) is 12.1 Å². The standard InChI is InChI=1S/C21H24N2O2/c24-21(23(17-10-11-17)18-12-14-25-15-13-18)22-20-9-5-4-8-19(20)16-6-2-1-3-7-16/h1-9,17-18H,10-15H2,(H,22,24). The highest BCUT2D eigenvalue weighted by Gasteiger charge is 2.38. The van der Waals surface area contributed by atoms with Crippen molar-refractivity contribution >= 4 is 11.7 Å². The van der Waals surface area contributed by atoms with Crippen LogP contribution in [0.3, 0.4) is 0 Å². The second kappa shape index (κ2) is 7.28. The van der Waals surface area contributed by atoms with Gasteiger partial charge >= 0.3 is 6.03 Å². The lowest BCUT2D eigenvalue weighted by molar-refractivity contribution is 0.0459. The van der Waals surface area contributed by atoms with E-state index in [1.54, 1.807) is 0 Å². The molecular weight excluding hydrogens is 312 g/mol. The van der Waals surface area contributed by atoms with E-state index in [2.05, 4.69) is 28.4 Å². The summed E-state index contributed by atoms with van der Waals surface area (Å²) in [5.41, 5.74) is 3.04. The summed E-state index contributed by atoms with van der Waals surface area (Å²) in [7, 11) is 0. The van der Waals surface area contributed by atoms with Crippen molar-refractivity contribution in [1.29, 1.82) is 0 Å². The molecule has 1 heterocycles. The number of amides is 2. The fraction of sp³-hybridized carbons (Fsp3) is 0.381. The Bertz CT molecular complexity index is 722. The molecule has 2 aromatic rings. The Labute approximate surface area is 148 Å². The molecule has 2 fully saturated rings. The molecule has 2 aromatic carbocycles. The van der Waals surface area contributed by atoms with Crippen LogP contribution in [0.2, 0.25) is 0 Å². The number of urea groups is 1. The molecule has 1 saturated carbocycles. The predicted molar refractivity (Wildman–Crippen MR) is 99.6 cm³/mol. The van der Waals surface area contributed by atoms with E-state index >= 15 is 0 Å². The molecule has 0 atom stereocenters. The summed E-state index contributed by atoms with van der Waals surface area (Å²) in [5, 5.41) is 3.17. The zero-order valence-corrected chi connectivity index (χ0v) is 14.4. The fourth-order valence-corrected chi connectivity index (χ4v) is 3.59. The molecule has 1 N–H and O–H groups in total. The van der Waals surface area contributed by atoms with Gasteiger partial charge in [-0.25, -0.2) is 4.79 Å². The summed E-state index contributed by atoms with van der Waals surface area (Å²) in [6.07, 6.45) is 4.10. The molecule has 0 spiro atoms. The van der Waals surface area contributed by atoms with Gasteiger partial charge in [-0.3, -0.25) is 0 Å².